The number of hydrogen-bond donors (Lipinski definition) is 1. The summed E-state index contributed by atoms with van der Waals surface area (Å²) in [6.45, 7) is 4.01. The molecule has 1 aliphatic rings. The van der Waals surface area contributed by atoms with Gasteiger partial charge >= 0.3 is 5.69 Å². The van der Waals surface area contributed by atoms with Gasteiger partial charge in [0.05, 0.1) is 18.1 Å². The van der Waals surface area contributed by atoms with Crippen molar-refractivity contribution < 1.29 is 9.66 Å². The molecule has 0 radical (unpaired) electrons. The maximum absolute atomic E-state index is 11.3. The van der Waals surface area contributed by atoms with Crippen molar-refractivity contribution in [3.05, 3.63) is 33.9 Å². The molecule has 1 saturated heterocycles. The van der Waals surface area contributed by atoms with Crippen LogP contribution in [0.3, 0.4) is 0 Å². The number of nitrogens with zero attached hydrogens (tertiary/aromatic N) is 2. The van der Waals surface area contributed by atoms with E-state index >= 15 is 0 Å². The van der Waals surface area contributed by atoms with Crippen molar-refractivity contribution in [1.82, 2.24) is 4.90 Å². The zero-order valence-electron chi connectivity index (χ0n) is 14.7. The van der Waals surface area contributed by atoms with Crippen LogP contribution < -0.4 is 10.5 Å². The topological polar surface area (TPSA) is 81.6 Å². The number of unbranched alkanes of at least 4 members (excludes halogenated alkanes) is 2. The van der Waals surface area contributed by atoms with E-state index in [0.29, 0.717) is 31.0 Å². The molecule has 2 N–H and O–H groups in total. The normalized spacial score (nSPS) is 14.6. The van der Waals surface area contributed by atoms with Gasteiger partial charge in [-0.3, -0.25) is 15.0 Å². The van der Waals surface area contributed by atoms with Gasteiger partial charge in [0.15, 0.2) is 5.75 Å². The predicted molar refractivity (Wildman–Crippen MR) is 98.7 cm³/mol. The van der Waals surface area contributed by atoms with Gasteiger partial charge < -0.3 is 10.5 Å². The highest BCUT2D eigenvalue weighted by Crippen LogP contribution is 2.28. The van der Waals surface area contributed by atoms with Crippen LogP contribution in [-0.4, -0.2) is 42.6 Å². The number of likely N-dealkylation sites (tertiary alicyclic amines) is 1. The maximum Gasteiger partial charge on any atom is 0.312 e. The molecular formula is C19H27N3O3. The Hall–Kier alpha value is -2.10. The molecule has 1 aliphatic heterocycles. The minimum absolute atomic E-state index is 0.0244. The quantitative estimate of drug-likeness (QED) is 0.339. The second-order valence-electron chi connectivity index (χ2n) is 6.28. The van der Waals surface area contributed by atoms with Crippen molar-refractivity contribution in [2.75, 3.05) is 32.8 Å². The Morgan fingerprint density at radius 3 is 2.72 bits per heavy atom. The number of piperidine rings is 1. The number of nitro groups is 1. The smallest absolute Gasteiger partial charge is 0.312 e. The lowest BCUT2D eigenvalue weighted by Crippen LogP contribution is -2.29. The number of benzene rings is 1. The number of ether oxygens (including phenoxy) is 1. The molecule has 2 rings (SSSR count). The molecule has 136 valence electrons. The fourth-order valence-corrected chi connectivity index (χ4v) is 2.84. The Morgan fingerprint density at radius 1 is 1.20 bits per heavy atom. The van der Waals surface area contributed by atoms with Crippen molar-refractivity contribution in [2.45, 2.75) is 38.5 Å². The first kappa shape index (κ1) is 19.2. The Balaban J connectivity index is 1.94. The lowest BCUT2D eigenvalue weighted by molar-refractivity contribution is -0.385. The lowest BCUT2D eigenvalue weighted by Gasteiger charge is -2.23. The standard InChI is InChI=1S/C19H27N3O3/c20-11-3-1-6-15-25-19-10-9-17(16-18(19)22(23)24)8-7-14-21-12-4-2-5-13-21/h9-10,16H,1-6,11-15,20H2. The van der Waals surface area contributed by atoms with E-state index < -0.39 is 4.92 Å². The third kappa shape index (κ3) is 6.73. The molecule has 1 aromatic carbocycles. The predicted octanol–water partition coefficient (Wildman–Crippen LogP) is 2.94. The van der Waals surface area contributed by atoms with Crippen LogP contribution in [0.15, 0.2) is 18.2 Å². The first-order valence-corrected chi connectivity index (χ1v) is 9.03. The fraction of sp³-hybridized carbons (Fsp3) is 0.579. The molecule has 6 nitrogen and oxygen atoms in total. The van der Waals surface area contributed by atoms with Crippen LogP contribution in [0.4, 0.5) is 5.69 Å². The summed E-state index contributed by atoms with van der Waals surface area (Å²) in [4.78, 5) is 13.2. The van der Waals surface area contributed by atoms with Crippen molar-refractivity contribution >= 4 is 5.69 Å². The largest absolute Gasteiger partial charge is 0.487 e. The van der Waals surface area contributed by atoms with Gasteiger partial charge in [-0.05, 0) is 63.9 Å². The number of nitrogens with two attached hydrogens (primary N) is 1. The van der Waals surface area contributed by atoms with Crippen LogP contribution in [0.2, 0.25) is 0 Å². The van der Waals surface area contributed by atoms with E-state index in [1.807, 2.05) is 0 Å². The minimum Gasteiger partial charge on any atom is -0.487 e. The third-order valence-electron chi connectivity index (χ3n) is 4.25. The van der Waals surface area contributed by atoms with Gasteiger partial charge in [0.25, 0.3) is 0 Å². The molecule has 25 heavy (non-hydrogen) atoms. The highest BCUT2D eigenvalue weighted by molar-refractivity contribution is 5.52. The Morgan fingerprint density at radius 2 is 2.00 bits per heavy atom. The molecule has 0 saturated carbocycles. The first-order valence-electron chi connectivity index (χ1n) is 9.03. The van der Waals surface area contributed by atoms with Crippen molar-refractivity contribution in [3.63, 3.8) is 0 Å². The van der Waals surface area contributed by atoms with Crippen LogP contribution in [0, 0.1) is 22.0 Å². The van der Waals surface area contributed by atoms with Gasteiger partial charge in [0.2, 0.25) is 0 Å². The molecule has 1 aromatic rings. The van der Waals surface area contributed by atoms with E-state index in [9.17, 15) is 10.1 Å². The third-order valence-corrected chi connectivity index (χ3v) is 4.25. The Kier molecular flexibility index (Phi) is 8.23. The first-order chi connectivity index (χ1) is 12.2. The van der Waals surface area contributed by atoms with Gasteiger partial charge in [0.1, 0.15) is 0 Å². The fourth-order valence-electron chi connectivity index (χ4n) is 2.84. The number of hydrogen-bond acceptors (Lipinski definition) is 5. The summed E-state index contributed by atoms with van der Waals surface area (Å²) in [6.07, 6.45) is 6.49. The molecule has 0 amide bonds. The van der Waals surface area contributed by atoms with E-state index in [0.717, 1.165) is 32.4 Å². The average molecular weight is 345 g/mol. The highest BCUT2D eigenvalue weighted by atomic mass is 16.6. The van der Waals surface area contributed by atoms with Crippen molar-refractivity contribution in [2.24, 2.45) is 5.73 Å². The molecule has 0 bridgehead atoms. The molecule has 1 heterocycles. The minimum atomic E-state index is -0.412. The lowest BCUT2D eigenvalue weighted by atomic mass is 10.1. The second-order valence-corrected chi connectivity index (χ2v) is 6.28. The maximum atomic E-state index is 11.3. The summed E-state index contributed by atoms with van der Waals surface area (Å²) in [5.74, 6) is 6.46. The molecule has 0 atom stereocenters. The van der Waals surface area contributed by atoms with Crippen molar-refractivity contribution in [1.29, 1.82) is 0 Å². The summed E-state index contributed by atoms with van der Waals surface area (Å²) in [7, 11) is 0. The van der Waals surface area contributed by atoms with Gasteiger partial charge in [0, 0.05) is 11.6 Å². The van der Waals surface area contributed by atoms with Gasteiger partial charge in [-0.1, -0.05) is 18.3 Å². The number of nitro benzene ring substituents is 1. The highest BCUT2D eigenvalue weighted by Gasteiger charge is 2.15. The zero-order chi connectivity index (χ0) is 17.9. The zero-order valence-corrected chi connectivity index (χ0v) is 14.7. The van der Waals surface area contributed by atoms with E-state index in [4.69, 9.17) is 10.5 Å². The van der Waals surface area contributed by atoms with Crippen LogP contribution in [0.5, 0.6) is 5.75 Å². The molecule has 6 heteroatoms. The monoisotopic (exact) mass is 345 g/mol. The van der Waals surface area contributed by atoms with Crippen LogP contribution in [0.1, 0.15) is 44.1 Å². The van der Waals surface area contributed by atoms with Crippen LogP contribution in [0.25, 0.3) is 0 Å². The molecule has 0 spiro atoms. The second kappa shape index (κ2) is 10.7. The summed E-state index contributed by atoms with van der Waals surface area (Å²) < 4.78 is 5.56. The molecule has 0 aromatic heterocycles. The van der Waals surface area contributed by atoms with E-state index in [1.54, 1.807) is 12.1 Å². The van der Waals surface area contributed by atoms with Crippen LogP contribution >= 0.6 is 0 Å². The van der Waals surface area contributed by atoms with Crippen LogP contribution in [-0.2, 0) is 0 Å². The van der Waals surface area contributed by atoms with E-state index in [-0.39, 0.29) is 5.69 Å². The van der Waals surface area contributed by atoms with E-state index in [2.05, 4.69) is 16.7 Å². The number of rotatable bonds is 8. The van der Waals surface area contributed by atoms with Gasteiger partial charge in [-0.25, -0.2) is 0 Å². The molecular weight excluding hydrogens is 318 g/mol. The summed E-state index contributed by atoms with van der Waals surface area (Å²) in [6, 6.07) is 4.93. The SMILES string of the molecule is NCCCCCOc1ccc(C#CCN2CCCCC2)cc1[N+](=O)[O-]. The Bertz CT molecular complexity index is 616. The summed E-state index contributed by atoms with van der Waals surface area (Å²) >= 11 is 0. The molecule has 0 unspecified atom stereocenters. The summed E-state index contributed by atoms with van der Waals surface area (Å²) in [5, 5.41) is 11.3. The molecule has 1 fully saturated rings. The molecule has 0 aliphatic carbocycles. The summed E-state index contributed by atoms with van der Waals surface area (Å²) in [5.41, 5.74) is 6.07. The van der Waals surface area contributed by atoms with Crippen molar-refractivity contribution in [3.8, 4) is 17.6 Å². The Labute approximate surface area is 149 Å². The van der Waals surface area contributed by atoms with E-state index in [1.165, 1.54) is 25.3 Å². The van der Waals surface area contributed by atoms with Gasteiger partial charge in [-0.2, -0.15) is 0 Å². The average Bonchev–Trinajstić information content (AvgIpc) is 2.63. The van der Waals surface area contributed by atoms with Gasteiger partial charge in [-0.15, -0.1) is 0 Å².